The van der Waals surface area contributed by atoms with Gasteiger partial charge in [0.15, 0.2) is 0 Å². The summed E-state index contributed by atoms with van der Waals surface area (Å²) in [5, 5.41) is 21.7. The number of aliphatic hydroxyl groups excluding tert-OH is 2. The molecule has 0 bridgehead atoms. The van der Waals surface area contributed by atoms with E-state index in [0.717, 1.165) is 38.0 Å². The molecule has 212 valence electrons. The van der Waals surface area contributed by atoms with Crippen molar-refractivity contribution in [1.82, 2.24) is 14.8 Å². The van der Waals surface area contributed by atoms with E-state index in [0.29, 0.717) is 50.2 Å². The molecule has 4 rings (SSSR count). The van der Waals surface area contributed by atoms with E-state index < -0.39 is 17.6 Å². The Labute approximate surface area is 235 Å². The third kappa shape index (κ3) is 8.24. The molecular formula is C30H40ClN3O5. The predicted octanol–water partition coefficient (Wildman–Crippen LogP) is 3.62. The molecule has 1 aromatic carbocycles. The lowest BCUT2D eigenvalue weighted by atomic mass is 9.74. The molecule has 1 spiro atoms. The van der Waals surface area contributed by atoms with E-state index in [2.05, 4.69) is 9.88 Å². The summed E-state index contributed by atoms with van der Waals surface area (Å²) in [7, 11) is 0. The molecule has 2 N–H and O–H groups in total. The number of cyclic esters (lactones) is 1. The second-order valence-electron chi connectivity index (χ2n) is 10.9. The number of pyridine rings is 1. The number of ether oxygens (including phenoxy) is 1. The summed E-state index contributed by atoms with van der Waals surface area (Å²) >= 11 is 6.27. The molecule has 1 amide bonds. The average molecular weight is 558 g/mol. The summed E-state index contributed by atoms with van der Waals surface area (Å²) in [4.78, 5) is 34.6. The molecule has 2 aliphatic rings. The fourth-order valence-electron chi connectivity index (χ4n) is 5.58. The van der Waals surface area contributed by atoms with E-state index in [4.69, 9.17) is 16.3 Å². The van der Waals surface area contributed by atoms with Gasteiger partial charge in [0.25, 0.3) is 0 Å². The summed E-state index contributed by atoms with van der Waals surface area (Å²) in [6, 6.07) is 11.5. The van der Waals surface area contributed by atoms with Gasteiger partial charge in [-0.05, 0) is 80.9 Å². The van der Waals surface area contributed by atoms with Gasteiger partial charge < -0.3 is 19.8 Å². The van der Waals surface area contributed by atoms with Crippen molar-refractivity contribution in [3.63, 3.8) is 0 Å². The van der Waals surface area contributed by atoms with Gasteiger partial charge in [0.2, 0.25) is 5.91 Å². The van der Waals surface area contributed by atoms with E-state index in [9.17, 15) is 19.8 Å². The van der Waals surface area contributed by atoms with Gasteiger partial charge in [-0.3, -0.25) is 19.5 Å². The summed E-state index contributed by atoms with van der Waals surface area (Å²) in [5.74, 6) is -0.290. The molecule has 39 heavy (non-hydrogen) atoms. The number of aryl methyl sites for hydroxylation is 1. The maximum Gasteiger partial charge on any atom is 0.312 e. The Bertz CT molecular complexity index is 1080. The highest BCUT2D eigenvalue weighted by Gasteiger charge is 2.42. The van der Waals surface area contributed by atoms with Gasteiger partial charge in [0.05, 0.1) is 11.5 Å². The lowest BCUT2D eigenvalue weighted by molar-refractivity contribution is -0.165. The number of hydrogen-bond acceptors (Lipinski definition) is 7. The van der Waals surface area contributed by atoms with E-state index in [1.165, 1.54) is 5.56 Å². The molecule has 1 aromatic heterocycles. The van der Waals surface area contributed by atoms with Crippen molar-refractivity contribution < 1.29 is 24.5 Å². The lowest BCUT2D eigenvalue weighted by Gasteiger charge is -2.40. The SMILES string of the molecule is O=C(CCc1ccccc1Cl)N1CCCCC2(CCN(Cc3ccncc3)CC2)C(=O)OC[C@@H](O)[C@@H](O)CC1. The number of carbonyl (C=O) groups is 2. The Morgan fingerprint density at radius 3 is 2.49 bits per heavy atom. The Balaban J connectivity index is 1.38. The van der Waals surface area contributed by atoms with Crippen LogP contribution in [-0.4, -0.2) is 81.9 Å². The van der Waals surface area contributed by atoms with Gasteiger partial charge in [-0.15, -0.1) is 0 Å². The first-order valence-electron chi connectivity index (χ1n) is 14.0. The van der Waals surface area contributed by atoms with Gasteiger partial charge in [0, 0.05) is 43.5 Å². The first-order valence-corrected chi connectivity index (χ1v) is 14.4. The minimum atomic E-state index is -1.20. The number of aromatic nitrogens is 1. The number of rotatable bonds is 5. The summed E-state index contributed by atoms with van der Waals surface area (Å²) in [5.41, 5.74) is 1.50. The lowest BCUT2D eigenvalue weighted by Crippen LogP contribution is -2.45. The smallest absolute Gasteiger partial charge is 0.312 e. The number of piperidine rings is 1. The van der Waals surface area contributed by atoms with Crippen LogP contribution in [0.25, 0.3) is 0 Å². The predicted molar refractivity (Wildman–Crippen MR) is 149 cm³/mol. The van der Waals surface area contributed by atoms with Crippen molar-refractivity contribution in [2.75, 3.05) is 32.8 Å². The molecule has 0 unspecified atom stereocenters. The second-order valence-corrected chi connectivity index (χ2v) is 11.3. The van der Waals surface area contributed by atoms with Crippen molar-refractivity contribution in [2.45, 2.75) is 70.1 Å². The third-order valence-electron chi connectivity index (χ3n) is 8.18. The second kappa shape index (κ2) is 14.2. The number of benzene rings is 1. The highest BCUT2D eigenvalue weighted by molar-refractivity contribution is 6.31. The molecular weight excluding hydrogens is 518 g/mol. The van der Waals surface area contributed by atoms with Crippen LogP contribution in [0.4, 0.5) is 0 Å². The molecule has 0 saturated carbocycles. The van der Waals surface area contributed by atoms with Crippen molar-refractivity contribution >= 4 is 23.5 Å². The number of halogens is 1. The summed E-state index contributed by atoms with van der Waals surface area (Å²) in [6.45, 7) is 2.99. The zero-order valence-electron chi connectivity index (χ0n) is 22.5. The molecule has 8 nitrogen and oxygen atoms in total. The Hall–Kier alpha value is -2.52. The molecule has 2 aliphatic heterocycles. The Morgan fingerprint density at radius 1 is 1.00 bits per heavy atom. The van der Waals surface area contributed by atoms with E-state index in [1.54, 1.807) is 17.3 Å². The number of hydrogen-bond donors (Lipinski definition) is 2. The fraction of sp³-hybridized carbons (Fsp3) is 0.567. The van der Waals surface area contributed by atoms with Crippen LogP contribution in [0.15, 0.2) is 48.8 Å². The molecule has 0 aliphatic carbocycles. The number of amides is 1. The van der Waals surface area contributed by atoms with Crippen LogP contribution < -0.4 is 0 Å². The highest BCUT2D eigenvalue weighted by Crippen LogP contribution is 2.38. The van der Waals surface area contributed by atoms with Gasteiger partial charge in [-0.25, -0.2) is 0 Å². The summed E-state index contributed by atoms with van der Waals surface area (Å²) in [6.07, 6.45) is 5.95. The van der Waals surface area contributed by atoms with Crippen molar-refractivity contribution in [3.8, 4) is 0 Å². The number of carbonyl (C=O) groups excluding carboxylic acids is 2. The first kappa shape index (κ1) is 29.5. The first-order chi connectivity index (χ1) is 18.9. The maximum absolute atomic E-state index is 13.3. The molecule has 2 aromatic rings. The molecule has 9 heteroatoms. The molecule has 3 heterocycles. The maximum atomic E-state index is 13.3. The number of aliphatic hydroxyl groups is 2. The van der Waals surface area contributed by atoms with Gasteiger partial charge in [-0.1, -0.05) is 36.2 Å². The van der Waals surface area contributed by atoms with E-state index >= 15 is 0 Å². The standard InChI is InChI=1S/C30H40ClN3O5/c31-25-6-2-1-5-24(25)7-8-28(37)34-17-4-3-12-30(29(38)39-22-27(36)26(35)11-18-34)13-19-33(20-14-30)21-23-9-15-32-16-10-23/h1-2,5-6,9-10,15-16,26-27,35-36H,3-4,7-8,11-14,17-22H2/t26-,27+/m0/s1. The fourth-order valence-corrected chi connectivity index (χ4v) is 5.81. The Kier molecular flexibility index (Phi) is 10.7. The highest BCUT2D eigenvalue weighted by atomic mass is 35.5. The van der Waals surface area contributed by atoms with Crippen LogP contribution in [0, 0.1) is 5.41 Å². The largest absolute Gasteiger partial charge is 0.462 e. The number of likely N-dealkylation sites (tertiary alicyclic amines) is 1. The minimum Gasteiger partial charge on any atom is -0.462 e. The topological polar surface area (TPSA) is 103 Å². The third-order valence-corrected chi connectivity index (χ3v) is 8.55. The van der Waals surface area contributed by atoms with E-state index in [-0.39, 0.29) is 24.9 Å². The van der Waals surface area contributed by atoms with Gasteiger partial charge >= 0.3 is 5.97 Å². The minimum absolute atomic E-state index is 0.00191. The zero-order chi connectivity index (χ0) is 27.7. The average Bonchev–Trinajstić information content (AvgIpc) is 2.96. The van der Waals surface area contributed by atoms with E-state index in [1.807, 2.05) is 36.4 Å². The quantitative estimate of drug-likeness (QED) is 0.541. The number of esters is 1. The molecule has 2 fully saturated rings. The normalized spacial score (nSPS) is 23.4. The van der Waals surface area contributed by atoms with Crippen LogP contribution in [0.3, 0.4) is 0 Å². The Morgan fingerprint density at radius 2 is 1.74 bits per heavy atom. The molecule has 2 saturated heterocycles. The van der Waals surface area contributed by atoms with Crippen LogP contribution in [-0.2, 0) is 27.3 Å². The van der Waals surface area contributed by atoms with Crippen LogP contribution in [0.2, 0.25) is 5.02 Å². The van der Waals surface area contributed by atoms with Crippen molar-refractivity contribution in [1.29, 1.82) is 0 Å². The summed E-state index contributed by atoms with van der Waals surface area (Å²) < 4.78 is 5.59. The van der Waals surface area contributed by atoms with Gasteiger partial charge in [0.1, 0.15) is 12.7 Å². The molecule has 2 atom stereocenters. The van der Waals surface area contributed by atoms with Crippen molar-refractivity contribution in [2.24, 2.45) is 5.41 Å². The van der Waals surface area contributed by atoms with Crippen molar-refractivity contribution in [3.05, 3.63) is 64.9 Å². The number of nitrogens with zero attached hydrogens (tertiary/aromatic N) is 3. The zero-order valence-corrected chi connectivity index (χ0v) is 23.3. The van der Waals surface area contributed by atoms with Gasteiger partial charge in [-0.2, -0.15) is 0 Å². The molecule has 0 radical (unpaired) electrons. The van der Waals surface area contributed by atoms with Crippen LogP contribution >= 0.6 is 11.6 Å². The van der Waals surface area contributed by atoms with Crippen LogP contribution in [0.1, 0.15) is 56.1 Å². The monoisotopic (exact) mass is 557 g/mol. The van der Waals surface area contributed by atoms with Crippen LogP contribution in [0.5, 0.6) is 0 Å².